The topological polar surface area (TPSA) is 20.2 Å². The van der Waals surface area contributed by atoms with E-state index in [0.717, 1.165) is 32.1 Å². The first-order valence-corrected chi connectivity index (χ1v) is 8.43. The Morgan fingerprint density at radius 3 is 2.77 bits per heavy atom. The first-order valence-electron chi connectivity index (χ1n) is 8.43. The molecular formula is C21H22O. The molecule has 0 heterocycles. The van der Waals surface area contributed by atoms with E-state index in [-0.39, 0.29) is 0 Å². The lowest BCUT2D eigenvalue weighted by atomic mass is 9.78. The number of hydrogen-bond acceptors (Lipinski definition) is 1. The van der Waals surface area contributed by atoms with E-state index < -0.39 is 0 Å². The van der Waals surface area contributed by atoms with Gasteiger partial charge in [0.1, 0.15) is 0 Å². The number of allylic oxidation sites excluding steroid dienone is 4. The number of unbranched alkanes of at least 4 members (excludes halogenated alkanes) is 2. The summed E-state index contributed by atoms with van der Waals surface area (Å²) in [5, 5.41) is 11.8. The van der Waals surface area contributed by atoms with Crippen molar-refractivity contribution in [2.45, 2.75) is 38.5 Å². The molecule has 1 heteroatoms. The molecular weight excluding hydrogens is 268 g/mol. The number of aliphatic hydroxyl groups is 1. The number of aliphatic hydroxyl groups excluding tert-OH is 1. The normalized spacial score (nSPS) is 15.7. The highest BCUT2D eigenvalue weighted by Gasteiger charge is 2.22. The summed E-state index contributed by atoms with van der Waals surface area (Å²) in [6.45, 7) is 0.316. The summed E-state index contributed by atoms with van der Waals surface area (Å²) in [7, 11) is 0. The van der Waals surface area contributed by atoms with E-state index in [1.807, 2.05) is 0 Å². The summed E-state index contributed by atoms with van der Waals surface area (Å²) in [5.74, 6) is 0. The van der Waals surface area contributed by atoms with Gasteiger partial charge in [-0.3, -0.25) is 0 Å². The fourth-order valence-electron chi connectivity index (χ4n) is 3.93. The van der Waals surface area contributed by atoms with Gasteiger partial charge >= 0.3 is 0 Å². The van der Waals surface area contributed by atoms with Gasteiger partial charge in [-0.05, 0) is 70.7 Å². The minimum absolute atomic E-state index is 0.316. The molecule has 2 aromatic rings. The molecule has 0 saturated heterocycles. The van der Waals surface area contributed by atoms with Crippen LogP contribution >= 0.6 is 0 Å². The largest absolute Gasteiger partial charge is 0.396 e. The molecule has 2 aromatic carbocycles. The highest BCUT2D eigenvalue weighted by molar-refractivity contribution is 6.04. The Balaban J connectivity index is 1.75. The second kappa shape index (κ2) is 5.73. The fraction of sp³-hybridized carbons (Fsp3) is 0.333. The highest BCUT2D eigenvalue weighted by atomic mass is 16.2. The van der Waals surface area contributed by atoms with Crippen molar-refractivity contribution in [2.75, 3.05) is 6.61 Å². The van der Waals surface area contributed by atoms with Crippen molar-refractivity contribution >= 4 is 21.9 Å². The average molecular weight is 290 g/mol. The van der Waals surface area contributed by atoms with Crippen LogP contribution in [-0.2, 0) is 6.42 Å². The molecule has 0 bridgehead atoms. The molecule has 0 aromatic heterocycles. The zero-order valence-corrected chi connectivity index (χ0v) is 12.9. The predicted molar refractivity (Wildman–Crippen MR) is 93.8 cm³/mol. The number of hydrogen-bond donors (Lipinski definition) is 1. The van der Waals surface area contributed by atoms with Crippen LogP contribution in [-0.4, -0.2) is 11.7 Å². The molecule has 22 heavy (non-hydrogen) atoms. The Hall–Kier alpha value is -1.86. The summed E-state index contributed by atoms with van der Waals surface area (Å²) in [6.07, 6.45) is 11.3. The van der Waals surface area contributed by atoms with Gasteiger partial charge in [-0.2, -0.15) is 0 Å². The lowest BCUT2D eigenvalue weighted by Gasteiger charge is -2.26. The van der Waals surface area contributed by atoms with Crippen LogP contribution in [0.5, 0.6) is 0 Å². The fourth-order valence-corrected chi connectivity index (χ4v) is 3.93. The third-order valence-electron chi connectivity index (χ3n) is 5.04. The molecule has 0 amide bonds. The van der Waals surface area contributed by atoms with E-state index in [9.17, 15) is 0 Å². The van der Waals surface area contributed by atoms with Crippen LogP contribution in [0.25, 0.3) is 21.9 Å². The van der Waals surface area contributed by atoms with Gasteiger partial charge in [0, 0.05) is 6.61 Å². The summed E-state index contributed by atoms with van der Waals surface area (Å²) in [4.78, 5) is 0. The van der Waals surface area contributed by atoms with Gasteiger partial charge in [0.15, 0.2) is 0 Å². The van der Waals surface area contributed by atoms with Gasteiger partial charge in [-0.15, -0.1) is 0 Å². The third-order valence-corrected chi connectivity index (χ3v) is 5.04. The van der Waals surface area contributed by atoms with E-state index in [4.69, 9.17) is 5.11 Å². The predicted octanol–water partition coefficient (Wildman–Crippen LogP) is 5.12. The summed E-state index contributed by atoms with van der Waals surface area (Å²) < 4.78 is 0. The Morgan fingerprint density at radius 2 is 1.86 bits per heavy atom. The maximum absolute atomic E-state index is 8.93. The maximum atomic E-state index is 8.93. The Bertz CT molecular complexity index is 780. The van der Waals surface area contributed by atoms with Crippen molar-refractivity contribution in [1.82, 2.24) is 0 Å². The van der Waals surface area contributed by atoms with Crippen LogP contribution in [0.3, 0.4) is 0 Å². The molecule has 0 fully saturated rings. The molecule has 0 spiro atoms. The second-order valence-electron chi connectivity index (χ2n) is 6.40. The zero-order valence-electron chi connectivity index (χ0n) is 12.9. The van der Waals surface area contributed by atoms with Crippen LogP contribution < -0.4 is 0 Å². The quantitative estimate of drug-likeness (QED) is 0.758. The molecule has 112 valence electrons. The average Bonchev–Trinajstić information content (AvgIpc) is 2.57. The Kier molecular flexibility index (Phi) is 3.59. The van der Waals surface area contributed by atoms with Crippen LogP contribution in [0.1, 0.15) is 48.8 Å². The van der Waals surface area contributed by atoms with E-state index in [0.29, 0.717) is 6.61 Å². The first kappa shape index (κ1) is 13.8. The van der Waals surface area contributed by atoms with E-state index >= 15 is 0 Å². The SMILES string of the molecule is OCCCCCC1=CCC2=CCc3cccc4ccc1c2c34. The lowest BCUT2D eigenvalue weighted by Crippen LogP contribution is -2.06. The van der Waals surface area contributed by atoms with E-state index in [1.54, 1.807) is 0 Å². The summed E-state index contributed by atoms with van der Waals surface area (Å²) in [5.41, 5.74) is 7.43. The molecule has 0 saturated carbocycles. The monoisotopic (exact) mass is 290 g/mol. The molecule has 0 aliphatic heterocycles. The minimum Gasteiger partial charge on any atom is -0.396 e. The Morgan fingerprint density at radius 1 is 0.909 bits per heavy atom. The van der Waals surface area contributed by atoms with Crippen LogP contribution in [0, 0.1) is 0 Å². The number of rotatable bonds is 5. The highest BCUT2D eigenvalue weighted by Crippen LogP contribution is 2.43. The third kappa shape index (κ3) is 2.21. The lowest BCUT2D eigenvalue weighted by molar-refractivity contribution is 0.283. The molecule has 0 unspecified atom stereocenters. The van der Waals surface area contributed by atoms with Crippen molar-refractivity contribution in [3.63, 3.8) is 0 Å². The smallest absolute Gasteiger partial charge is 0.0431 e. The van der Waals surface area contributed by atoms with Crippen LogP contribution in [0.4, 0.5) is 0 Å². The Labute approximate surface area is 132 Å². The van der Waals surface area contributed by atoms with Crippen molar-refractivity contribution in [3.05, 3.63) is 59.2 Å². The molecule has 2 aliphatic rings. The molecule has 4 rings (SSSR count). The molecule has 1 N–H and O–H groups in total. The van der Waals surface area contributed by atoms with Crippen molar-refractivity contribution in [3.8, 4) is 0 Å². The van der Waals surface area contributed by atoms with Crippen molar-refractivity contribution < 1.29 is 5.11 Å². The molecule has 0 radical (unpaired) electrons. The zero-order chi connectivity index (χ0) is 14.9. The molecule has 2 aliphatic carbocycles. The van der Waals surface area contributed by atoms with Crippen molar-refractivity contribution in [1.29, 1.82) is 0 Å². The summed E-state index contributed by atoms with van der Waals surface area (Å²) in [6, 6.07) is 11.3. The van der Waals surface area contributed by atoms with Gasteiger partial charge in [0.2, 0.25) is 0 Å². The standard InChI is InChI=1S/C21H22O/c22-14-3-1-2-5-15-8-9-18-11-10-16-6-4-7-17-12-13-19(15)21(18)20(16)17/h4,6-8,11-13,22H,1-3,5,9-10,14H2. The number of benzene rings is 2. The minimum atomic E-state index is 0.316. The van der Waals surface area contributed by atoms with Gasteiger partial charge in [0.25, 0.3) is 0 Å². The first-order chi connectivity index (χ1) is 10.9. The second-order valence-corrected chi connectivity index (χ2v) is 6.40. The van der Waals surface area contributed by atoms with Crippen LogP contribution in [0.15, 0.2) is 42.5 Å². The van der Waals surface area contributed by atoms with Gasteiger partial charge in [0.05, 0.1) is 0 Å². The van der Waals surface area contributed by atoms with Gasteiger partial charge < -0.3 is 5.11 Å². The van der Waals surface area contributed by atoms with E-state index in [1.165, 1.54) is 45.0 Å². The maximum Gasteiger partial charge on any atom is 0.0431 e. The van der Waals surface area contributed by atoms with Gasteiger partial charge in [-0.25, -0.2) is 0 Å². The molecule has 0 atom stereocenters. The van der Waals surface area contributed by atoms with Gasteiger partial charge in [-0.1, -0.05) is 48.9 Å². The van der Waals surface area contributed by atoms with E-state index in [2.05, 4.69) is 42.5 Å². The summed E-state index contributed by atoms with van der Waals surface area (Å²) >= 11 is 0. The van der Waals surface area contributed by atoms with Crippen molar-refractivity contribution in [2.24, 2.45) is 0 Å². The van der Waals surface area contributed by atoms with Crippen LogP contribution in [0.2, 0.25) is 0 Å². The molecule has 1 nitrogen and oxygen atoms in total.